The summed E-state index contributed by atoms with van der Waals surface area (Å²) in [5.41, 5.74) is 1.60. The monoisotopic (exact) mass is 389 g/mol. The Hall–Kier alpha value is -2.32. The summed E-state index contributed by atoms with van der Waals surface area (Å²) in [5, 5.41) is 4.95. The number of carbonyl (C=O) groups is 1. The van der Waals surface area contributed by atoms with Crippen molar-refractivity contribution in [2.45, 2.75) is 26.8 Å². The largest absolute Gasteiger partial charge is 0.308 e. The predicted octanol–water partition coefficient (Wildman–Crippen LogP) is 3.73. The van der Waals surface area contributed by atoms with Crippen molar-refractivity contribution in [2.75, 3.05) is 32.1 Å². The molecule has 6 nitrogen and oxygen atoms in total. The lowest BCUT2D eigenvalue weighted by atomic mass is 10.3. The first-order chi connectivity index (χ1) is 12.8. The maximum absolute atomic E-state index is 14.1. The molecule has 0 aliphatic carbocycles. The van der Waals surface area contributed by atoms with Crippen LogP contribution in [0.4, 0.5) is 9.52 Å². The highest BCUT2D eigenvalue weighted by atomic mass is 32.1. The number of thiazole rings is 1. The molecule has 8 heteroatoms. The maximum atomic E-state index is 14.1. The van der Waals surface area contributed by atoms with E-state index in [9.17, 15) is 9.18 Å². The second-order valence-corrected chi connectivity index (χ2v) is 8.06. The lowest BCUT2D eigenvalue weighted by molar-refractivity contribution is 0.0979. The molecule has 0 fully saturated rings. The highest BCUT2D eigenvalue weighted by Crippen LogP contribution is 2.31. The first-order valence-electron chi connectivity index (χ1n) is 8.85. The molecular formula is C19H24FN5OS. The SMILES string of the molecule is Cc1cc(C(=O)N(CCN(C)C)c2nc3c(F)cccc3s2)nn1C(C)C. The quantitative estimate of drug-likeness (QED) is 0.645. The summed E-state index contributed by atoms with van der Waals surface area (Å²) in [6.45, 7) is 7.08. The third-order valence-corrected chi connectivity index (χ3v) is 5.28. The van der Waals surface area contributed by atoms with Crippen molar-refractivity contribution in [1.82, 2.24) is 19.7 Å². The van der Waals surface area contributed by atoms with Crippen LogP contribution in [0.25, 0.3) is 10.2 Å². The fourth-order valence-electron chi connectivity index (χ4n) is 2.86. The smallest absolute Gasteiger partial charge is 0.280 e. The summed E-state index contributed by atoms with van der Waals surface area (Å²) in [6.07, 6.45) is 0. The van der Waals surface area contributed by atoms with Crippen molar-refractivity contribution < 1.29 is 9.18 Å². The van der Waals surface area contributed by atoms with Crippen molar-refractivity contribution in [3.63, 3.8) is 0 Å². The van der Waals surface area contributed by atoms with Gasteiger partial charge < -0.3 is 4.90 Å². The van der Waals surface area contributed by atoms with Crippen molar-refractivity contribution in [3.05, 3.63) is 41.5 Å². The molecule has 1 aromatic carbocycles. The summed E-state index contributed by atoms with van der Waals surface area (Å²) in [6, 6.07) is 6.80. The molecule has 0 saturated carbocycles. The Balaban J connectivity index is 2.00. The summed E-state index contributed by atoms with van der Waals surface area (Å²) < 4.78 is 16.6. The lowest BCUT2D eigenvalue weighted by Gasteiger charge is -2.21. The van der Waals surface area contributed by atoms with Crippen molar-refractivity contribution in [1.29, 1.82) is 0 Å². The number of benzene rings is 1. The van der Waals surface area contributed by atoms with Gasteiger partial charge in [0.05, 0.1) is 4.70 Å². The second kappa shape index (κ2) is 7.74. The molecule has 0 atom stereocenters. The molecule has 2 heterocycles. The number of aromatic nitrogens is 3. The first kappa shape index (κ1) is 19.4. The van der Waals surface area contributed by atoms with Gasteiger partial charge in [-0.15, -0.1) is 0 Å². The van der Waals surface area contributed by atoms with Crippen LogP contribution < -0.4 is 4.90 Å². The van der Waals surface area contributed by atoms with Crippen molar-refractivity contribution in [3.8, 4) is 0 Å². The Bertz CT molecular complexity index is 962. The number of halogens is 1. The molecule has 0 saturated heterocycles. The van der Waals surface area contributed by atoms with Gasteiger partial charge in [0.1, 0.15) is 11.3 Å². The highest BCUT2D eigenvalue weighted by molar-refractivity contribution is 7.22. The third-order valence-electron chi connectivity index (χ3n) is 4.24. The van der Waals surface area contributed by atoms with Gasteiger partial charge in [-0.1, -0.05) is 17.4 Å². The minimum absolute atomic E-state index is 0.165. The van der Waals surface area contributed by atoms with E-state index in [0.717, 1.165) is 10.4 Å². The number of para-hydroxylation sites is 1. The van der Waals surface area contributed by atoms with Crippen LogP contribution in [-0.2, 0) is 0 Å². The number of likely N-dealkylation sites (N-methyl/N-ethyl adjacent to an activating group) is 1. The number of rotatable bonds is 6. The van der Waals surface area contributed by atoms with Crippen LogP contribution in [-0.4, -0.2) is 52.8 Å². The first-order valence-corrected chi connectivity index (χ1v) is 9.67. The molecule has 0 radical (unpaired) electrons. The predicted molar refractivity (Wildman–Crippen MR) is 107 cm³/mol. The van der Waals surface area contributed by atoms with Crippen LogP contribution in [0.2, 0.25) is 0 Å². The van der Waals surface area contributed by atoms with Crippen LogP contribution >= 0.6 is 11.3 Å². The normalized spacial score (nSPS) is 11.7. The summed E-state index contributed by atoms with van der Waals surface area (Å²) in [5.74, 6) is -0.603. The van der Waals surface area contributed by atoms with Gasteiger partial charge in [0.2, 0.25) is 0 Å². The molecule has 0 aliphatic heterocycles. The van der Waals surface area contributed by atoms with Gasteiger partial charge in [0.15, 0.2) is 10.8 Å². The van der Waals surface area contributed by atoms with E-state index in [1.807, 2.05) is 50.5 Å². The molecular weight excluding hydrogens is 365 g/mol. The molecule has 1 amide bonds. The van der Waals surface area contributed by atoms with Gasteiger partial charge in [-0.2, -0.15) is 5.10 Å². The van der Waals surface area contributed by atoms with Gasteiger partial charge in [0, 0.05) is 24.8 Å². The van der Waals surface area contributed by atoms with Crippen molar-refractivity contribution in [2.24, 2.45) is 0 Å². The molecule has 144 valence electrons. The van der Waals surface area contributed by atoms with Gasteiger partial charge in [-0.25, -0.2) is 9.37 Å². The van der Waals surface area contributed by atoms with Gasteiger partial charge in [0.25, 0.3) is 5.91 Å². The van der Waals surface area contributed by atoms with E-state index in [4.69, 9.17) is 0 Å². The summed E-state index contributed by atoms with van der Waals surface area (Å²) in [4.78, 5) is 21.2. The zero-order valence-electron chi connectivity index (χ0n) is 16.2. The minimum Gasteiger partial charge on any atom is -0.308 e. The van der Waals surface area contributed by atoms with Crippen molar-refractivity contribution >= 4 is 32.6 Å². The Morgan fingerprint density at radius 2 is 2.04 bits per heavy atom. The molecule has 0 unspecified atom stereocenters. The van der Waals surface area contributed by atoms with Crippen LogP contribution in [0.3, 0.4) is 0 Å². The van der Waals surface area contributed by atoms with Gasteiger partial charge in [-0.05, 0) is 53.1 Å². The van der Waals surface area contributed by atoms with Crippen LogP contribution in [0.5, 0.6) is 0 Å². The molecule has 2 aromatic heterocycles. The Morgan fingerprint density at radius 1 is 1.30 bits per heavy atom. The molecule has 3 aromatic rings. The minimum atomic E-state index is -0.380. The maximum Gasteiger partial charge on any atom is 0.280 e. The topological polar surface area (TPSA) is 54.3 Å². The van der Waals surface area contributed by atoms with E-state index in [-0.39, 0.29) is 17.8 Å². The van der Waals surface area contributed by atoms with Crippen LogP contribution in [0.15, 0.2) is 24.3 Å². The molecule has 0 N–H and O–H groups in total. The van der Waals surface area contributed by atoms with E-state index in [0.29, 0.717) is 29.4 Å². The van der Waals surface area contributed by atoms with E-state index < -0.39 is 0 Å². The van der Waals surface area contributed by atoms with E-state index in [1.165, 1.54) is 17.4 Å². The second-order valence-electron chi connectivity index (χ2n) is 7.05. The number of carbonyl (C=O) groups excluding carboxylic acids is 1. The Labute approximate surface area is 162 Å². The third kappa shape index (κ3) is 4.01. The number of nitrogens with zero attached hydrogens (tertiary/aromatic N) is 5. The van der Waals surface area contributed by atoms with Gasteiger partial charge in [-0.3, -0.25) is 14.4 Å². The fraction of sp³-hybridized carbons (Fsp3) is 0.421. The van der Waals surface area contributed by atoms with E-state index in [2.05, 4.69) is 10.1 Å². The lowest BCUT2D eigenvalue weighted by Crippen LogP contribution is -2.37. The molecule has 3 rings (SSSR count). The average molecular weight is 390 g/mol. The van der Waals surface area contributed by atoms with Crippen LogP contribution in [0, 0.1) is 12.7 Å². The van der Waals surface area contributed by atoms with E-state index in [1.54, 1.807) is 17.0 Å². The number of hydrogen-bond acceptors (Lipinski definition) is 5. The number of fused-ring (bicyclic) bond motifs is 1. The Kier molecular flexibility index (Phi) is 5.57. The van der Waals surface area contributed by atoms with Crippen LogP contribution in [0.1, 0.15) is 36.1 Å². The number of amides is 1. The van der Waals surface area contributed by atoms with E-state index >= 15 is 0 Å². The molecule has 0 aliphatic rings. The Morgan fingerprint density at radius 3 is 2.63 bits per heavy atom. The summed E-state index contributed by atoms with van der Waals surface area (Å²) >= 11 is 1.31. The standard InChI is InChI=1S/C19H24FN5OS/c1-12(2)25-13(3)11-15(22-25)18(26)24(10-9-23(4)5)19-21-17-14(20)7-6-8-16(17)27-19/h6-8,11-12H,9-10H2,1-5H3. The number of anilines is 1. The number of aryl methyl sites for hydroxylation is 1. The zero-order valence-corrected chi connectivity index (χ0v) is 17.0. The highest BCUT2D eigenvalue weighted by Gasteiger charge is 2.25. The fourth-order valence-corrected chi connectivity index (χ4v) is 3.86. The van der Waals surface area contributed by atoms with Gasteiger partial charge >= 0.3 is 0 Å². The number of hydrogen-bond donors (Lipinski definition) is 0. The average Bonchev–Trinajstić information content (AvgIpc) is 3.19. The molecule has 27 heavy (non-hydrogen) atoms. The zero-order chi connectivity index (χ0) is 19.7. The molecule has 0 bridgehead atoms. The summed E-state index contributed by atoms with van der Waals surface area (Å²) in [7, 11) is 3.89. The molecule has 0 spiro atoms.